The Morgan fingerprint density at radius 2 is 2.00 bits per heavy atom. The fraction of sp³-hybridized carbons (Fsp3) is 0.375. The summed E-state index contributed by atoms with van der Waals surface area (Å²) in [7, 11) is 0. The van der Waals surface area contributed by atoms with Crippen LogP contribution in [-0.4, -0.2) is 47.7 Å². The molecular weight excluding hydrogens is 452 g/mol. The number of benzene rings is 1. The van der Waals surface area contributed by atoms with Gasteiger partial charge in [-0.1, -0.05) is 24.0 Å². The lowest BCUT2D eigenvalue weighted by Crippen LogP contribution is -2.29. The van der Waals surface area contributed by atoms with Crippen molar-refractivity contribution in [3.05, 3.63) is 48.2 Å². The fourth-order valence-corrected chi connectivity index (χ4v) is 5.34. The Bertz CT molecular complexity index is 1230. The minimum Gasteiger partial charge on any atom is -0.360 e. The molecule has 1 saturated heterocycles. The van der Waals surface area contributed by atoms with Crippen LogP contribution in [0.3, 0.4) is 0 Å². The van der Waals surface area contributed by atoms with E-state index in [1.54, 1.807) is 0 Å². The molecule has 2 aromatic heterocycles. The van der Waals surface area contributed by atoms with E-state index in [9.17, 15) is 9.59 Å². The third-order valence-electron chi connectivity index (χ3n) is 6.12. The van der Waals surface area contributed by atoms with Crippen molar-refractivity contribution in [3.63, 3.8) is 0 Å². The maximum absolute atomic E-state index is 13.2. The molecule has 2 aliphatic rings. The monoisotopic (exact) mass is 480 g/mol. The van der Waals surface area contributed by atoms with E-state index < -0.39 is 0 Å². The summed E-state index contributed by atoms with van der Waals surface area (Å²) < 4.78 is 7.82. The first-order chi connectivity index (χ1) is 16.6. The van der Waals surface area contributed by atoms with Gasteiger partial charge in [-0.3, -0.25) is 14.9 Å². The maximum atomic E-state index is 13.2. The van der Waals surface area contributed by atoms with Gasteiger partial charge in [0.05, 0.1) is 13.3 Å². The van der Waals surface area contributed by atoms with Crippen molar-refractivity contribution in [2.45, 2.75) is 32.4 Å². The molecule has 178 valence electrons. The van der Waals surface area contributed by atoms with E-state index in [-0.39, 0.29) is 11.8 Å². The van der Waals surface area contributed by atoms with E-state index in [0.717, 1.165) is 60.7 Å². The van der Waals surface area contributed by atoms with Crippen LogP contribution in [0.25, 0.3) is 10.9 Å². The first-order valence-corrected chi connectivity index (χ1v) is 12.4. The number of amides is 2. The van der Waals surface area contributed by atoms with Gasteiger partial charge in [0.2, 0.25) is 5.91 Å². The number of carbonyl (C=O) groups is 2. The molecule has 1 aromatic carbocycles. The summed E-state index contributed by atoms with van der Waals surface area (Å²) in [5.74, 6) is -0.260. The summed E-state index contributed by atoms with van der Waals surface area (Å²) in [5, 5.41) is 11.3. The van der Waals surface area contributed by atoms with Gasteiger partial charge in [-0.15, -0.1) is 0 Å². The topological polar surface area (TPSA) is 101 Å². The second-order valence-corrected chi connectivity index (χ2v) is 9.40. The third kappa shape index (κ3) is 4.70. The van der Waals surface area contributed by atoms with E-state index >= 15 is 0 Å². The molecule has 0 atom stereocenters. The lowest BCUT2D eigenvalue weighted by atomic mass is 10.1. The fourth-order valence-electron chi connectivity index (χ4n) is 4.37. The lowest BCUT2D eigenvalue weighted by Gasteiger charge is -2.25. The number of ether oxygens (including phenoxy) is 1. The minimum atomic E-state index is -0.339. The molecule has 3 N–H and O–H groups in total. The number of aromatic nitrogens is 2. The van der Waals surface area contributed by atoms with Gasteiger partial charge in [0.1, 0.15) is 5.00 Å². The molecule has 4 heterocycles. The van der Waals surface area contributed by atoms with Crippen LogP contribution in [0.1, 0.15) is 35.3 Å². The van der Waals surface area contributed by atoms with E-state index in [1.807, 2.05) is 18.2 Å². The van der Waals surface area contributed by atoms with Crippen LogP contribution in [0.4, 0.5) is 16.0 Å². The molecule has 10 heteroatoms. The Kier molecular flexibility index (Phi) is 6.61. The number of fused-ring (bicyclic) bond motifs is 3. The van der Waals surface area contributed by atoms with Crippen LogP contribution in [0.2, 0.25) is 0 Å². The normalized spacial score (nSPS) is 16.4. The SMILES string of the molecule is C=CC(=O)Nc1sc(N2CCCCC2)nc1NC(=O)c1ccc2cc3n(c2c1)CCNCOC3. The molecule has 0 saturated carbocycles. The van der Waals surface area contributed by atoms with Crippen molar-refractivity contribution in [3.8, 4) is 0 Å². The molecule has 5 rings (SSSR count). The molecule has 34 heavy (non-hydrogen) atoms. The zero-order valence-electron chi connectivity index (χ0n) is 18.9. The van der Waals surface area contributed by atoms with Gasteiger partial charge in [0, 0.05) is 43.0 Å². The quantitative estimate of drug-likeness (QED) is 0.483. The number of carbonyl (C=O) groups excluding carboxylic acids is 2. The summed E-state index contributed by atoms with van der Waals surface area (Å²) in [6.07, 6.45) is 4.63. The van der Waals surface area contributed by atoms with E-state index in [0.29, 0.717) is 29.7 Å². The Hall–Kier alpha value is -3.21. The Morgan fingerprint density at radius 3 is 2.82 bits per heavy atom. The highest BCUT2D eigenvalue weighted by molar-refractivity contribution is 7.20. The van der Waals surface area contributed by atoms with Crippen molar-refractivity contribution in [2.24, 2.45) is 0 Å². The summed E-state index contributed by atoms with van der Waals surface area (Å²) >= 11 is 1.37. The van der Waals surface area contributed by atoms with Crippen LogP contribution in [0.15, 0.2) is 36.9 Å². The highest BCUT2D eigenvalue weighted by atomic mass is 32.1. The van der Waals surface area contributed by atoms with Crippen molar-refractivity contribution < 1.29 is 14.3 Å². The molecule has 9 nitrogen and oxygen atoms in total. The molecule has 0 radical (unpaired) electrons. The Balaban J connectivity index is 1.42. The Labute approximate surface area is 201 Å². The van der Waals surface area contributed by atoms with Gasteiger partial charge in [0.25, 0.3) is 5.91 Å². The number of anilines is 3. The highest BCUT2D eigenvalue weighted by Gasteiger charge is 2.21. The van der Waals surface area contributed by atoms with Crippen LogP contribution in [-0.2, 0) is 22.7 Å². The van der Waals surface area contributed by atoms with Crippen molar-refractivity contribution in [2.75, 3.05) is 41.9 Å². The van der Waals surface area contributed by atoms with Gasteiger partial charge in [-0.05, 0) is 48.9 Å². The molecule has 2 amide bonds. The van der Waals surface area contributed by atoms with Crippen LogP contribution >= 0.6 is 11.3 Å². The summed E-state index contributed by atoms with van der Waals surface area (Å²) in [5.41, 5.74) is 2.61. The molecular formula is C24H28N6O3S. The lowest BCUT2D eigenvalue weighted by molar-refractivity contribution is -0.111. The number of nitrogens with one attached hydrogen (secondary N) is 3. The van der Waals surface area contributed by atoms with E-state index in [2.05, 4.69) is 43.0 Å². The second-order valence-electron chi connectivity index (χ2n) is 8.42. The standard InChI is InChI=1S/C24H28N6O3S/c1-2-20(31)26-23-21(28-24(34-23)29-9-4-3-5-10-29)27-22(32)17-7-6-16-12-18-14-33-15-25-8-11-30(18)19(16)13-17/h2,6-7,12-13,25H,1,3-5,8-11,14-15H2,(H,26,31)(H,27,32). The van der Waals surface area contributed by atoms with Gasteiger partial charge < -0.3 is 24.8 Å². The number of hydrogen-bond donors (Lipinski definition) is 3. The summed E-state index contributed by atoms with van der Waals surface area (Å²) in [6, 6.07) is 7.77. The van der Waals surface area contributed by atoms with E-state index in [4.69, 9.17) is 4.74 Å². The largest absolute Gasteiger partial charge is 0.360 e. The number of nitrogens with zero attached hydrogens (tertiary/aromatic N) is 3. The molecule has 0 bridgehead atoms. The average molecular weight is 481 g/mol. The highest BCUT2D eigenvalue weighted by Crippen LogP contribution is 2.36. The molecule has 3 aromatic rings. The predicted molar refractivity (Wildman–Crippen MR) is 135 cm³/mol. The van der Waals surface area contributed by atoms with Crippen LogP contribution in [0, 0.1) is 0 Å². The number of rotatable bonds is 5. The van der Waals surface area contributed by atoms with Crippen LogP contribution in [0.5, 0.6) is 0 Å². The van der Waals surface area contributed by atoms with Gasteiger partial charge >= 0.3 is 0 Å². The average Bonchev–Trinajstić information content (AvgIpc) is 3.39. The first-order valence-electron chi connectivity index (χ1n) is 11.5. The molecule has 1 fully saturated rings. The predicted octanol–water partition coefficient (Wildman–Crippen LogP) is 3.54. The van der Waals surface area contributed by atoms with Crippen molar-refractivity contribution >= 4 is 50.0 Å². The smallest absolute Gasteiger partial charge is 0.256 e. The van der Waals surface area contributed by atoms with Gasteiger partial charge in [-0.2, -0.15) is 0 Å². The van der Waals surface area contributed by atoms with Crippen molar-refractivity contribution in [1.82, 2.24) is 14.9 Å². The molecule has 0 unspecified atom stereocenters. The van der Waals surface area contributed by atoms with Crippen molar-refractivity contribution in [1.29, 1.82) is 0 Å². The molecule has 2 aliphatic heterocycles. The van der Waals surface area contributed by atoms with Crippen LogP contribution < -0.4 is 20.9 Å². The minimum absolute atomic E-state index is 0.276. The van der Waals surface area contributed by atoms with Gasteiger partial charge in [0.15, 0.2) is 10.9 Å². The molecule has 0 spiro atoms. The summed E-state index contributed by atoms with van der Waals surface area (Å²) in [6.45, 7) is 8.01. The zero-order chi connectivity index (χ0) is 23.5. The second kappa shape index (κ2) is 9.96. The van der Waals surface area contributed by atoms with Gasteiger partial charge in [-0.25, -0.2) is 4.98 Å². The number of hydrogen-bond acceptors (Lipinski definition) is 7. The summed E-state index contributed by atoms with van der Waals surface area (Å²) in [4.78, 5) is 32.1. The number of piperidine rings is 1. The first kappa shape index (κ1) is 22.6. The molecule has 0 aliphatic carbocycles. The third-order valence-corrected chi connectivity index (χ3v) is 7.15. The number of thiazole rings is 1. The van der Waals surface area contributed by atoms with E-state index in [1.165, 1.54) is 23.8 Å². The maximum Gasteiger partial charge on any atom is 0.256 e. The Morgan fingerprint density at radius 1 is 1.15 bits per heavy atom. The zero-order valence-corrected chi connectivity index (χ0v) is 19.7.